The zero-order chi connectivity index (χ0) is 21.7. The number of rotatable bonds is 11. The number of carboxylic acid groups (broad SMARTS) is 1. The van der Waals surface area contributed by atoms with E-state index in [1.807, 2.05) is 6.92 Å². The zero-order valence-corrected chi connectivity index (χ0v) is 17.4. The first kappa shape index (κ1) is 22.1. The number of aliphatic hydroxyl groups is 1. The molecule has 2 aromatic rings. The highest BCUT2D eigenvalue weighted by atomic mass is 16.5. The molecule has 1 aliphatic rings. The van der Waals surface area contributed by atoms with Gasteiger partial charge < -0.3 is 23.8 Å². The Bertz CT molecular complexity index is 855. The minimum absolute atomic E-state index is 0.0522. The van der Waals surface area contributed by atoms with Crippen LogP contribution in [0.1, 0.15) is 73.9 Å². The van der Waals surface area contributed by atoms with Crippen LogP contribution in [0.5, 0.6) is 0 Å². The standard InChI is InChI=1S/C22H29NO7/c1-3-4-5-6-18(24)15-10-21(29-11-15)23-17(14(2)9-20(23)25)13-28-12-16-7-8-19(30-16)22(26)27/h7-8,10-11,14,17-18,24H,3-6,9,12-13H2,1-2H3,(H,26,27). The lowest BCUT2D eigenvalue weighted by Crippen LogP contribution is -2.38. The van der Waals surface area contributed by atoms with Crippen LogP contribution in [0.2, 0.25) is 0 Å². The third kappa shape index (κ3) is 5.12. The molecule has 1 aliphatic heterocycles. The van der Waals surface area contributed by atoms with Crippen LogP contribution in [0.3, 0.4) is 0 Å². The molecule has 0 saturated carbocycles. The highest BCUT2D eigenvalue weighted by Gasteiger charge is 2.40. The number of hydrogen-bond donors (Lipinski definition) is 2. The van der Waals surface area contributed by atoms with Gasteiger partial charge in [-0.15, -0.1) is 0 Å². The van der Waals surface area contributed by atoms with Gasteiger partial charge in [0.1, 0.15) is 12.4 Å². The van der Waals surface area contributed by atoms with E-state index in [-0.39, 0.29) is 36.8 Å². The van der Waals surface area contributed by atoms with Crippen LogP contribution in [-0.4, -0.2) is 34.7 Å². The lowest BCUT2D eigenvalue weighted by Gasteiger charge is -2.24. The number of aliphatic hydroxyl groups excluding tert-OH is 1. The van der Waals surface area contributed by atoms with Crippen molar-refractivity contribution in [2.24, 2.45) is 5.92 Å². The Balaban J connectivity index is 1.61. The van der Waals surface area contributed by atoms with Crippen LogP contribution < -0.4 is 4.90 Å². The van der Waals surface area contributed by atoms with Crippen molar-refractivity contribution in [3.05, 3.63) is 41.5 Å². The SMILES string of the molecule is CCCCCC(O)c1coc(N2C(=O)CC(C)C2COCc2ccc(C(=O)O)o2)c1. The molecule has 3 unspecified atom stereocenters. The summed E-state index contributed by atoms with van der Waals surface area (Å²) in [6, 6.07) is 4.45. The second-order valence-corrected chi connectivity index (χ2v) is 7.83. The summed E-state index contributed by atoms with van der Waals surface area (Å²) in [5.41, 5.74) is 0.671. The van der Waals surface area contributed by atoms with Crippen molar-refractivity contribution in [3.8, 4) is 0 Å². The van der Waals surface area contributed by atoms with Gasteiger partial charge in [-0.05, 0) is 24.5 Å². The van der Waals surface area contributed by atoms with Gasteiger partial charge in [0, 0.05) is 18.1 Å². The molecule has 0 aromatic carbocycles. The number of carboxylic acids is 1. The molecule has 8 heteroatoms. The Hall–Kier alpha value is -2.58. The summed E-state index contributed by atoms with van der Waals surface area (Å²) in [5.74, 6) is -0.441. The maximum absolute atomic E-state index is 12.6. The molecule has 0 bridgehead atoms. The number of carbonyl (C=O) groups is 2. The number of hydrogen-bond acceptors (Lipinski definition) is 6. The molecule has 1 amide bonds. The highest BCUT2D eigenvalue weighted by Crippen LogP contribution is 2.34. The number of anilines is 1. The molecule has 164 valence electrons. The summed E-state index contributed by atoms with van der Waals surface area (Å²) in [6.45, 7) is 4.45. The van der Waals surface area contributed by atoms with Gasteiger partial charge in [-0.2, -0.15) is 0 Å². The fraction of sp³-hybridized carbons (Fsp3) is 0.545. The van der Waals surface area contributed by atoms with Gasteiger partial charge in [0.25, 0.3) is 0 Å². The summed E-state index contributed by atoms with van der Waals surface area (Å²) in [6.07, 6.45) is 5.02. The average molecular weight is 419 g/mol. The third-order valence-electron chi connectivity index (χ3n) is 5.47. The lowest BCUT2D eigenvalue weighted by molar-refractivity contribution is -0.117. The second-order valence-electron chi connectivity index (χ2n) is 7.83. The first-order valence-electron chi connectivity index (χ1n) is 10.4. The van der Waals surface area contributed by atoms with E-state index in [1.165, 1.54) is 12.3 Å². The van der Waals surface area contributed by atoms with Crippen molar-refractivity contribution in [2.45, 2.75) is 64.7 Å². The molecule has 2 aromatic heterocycles. The van der Waals surface area contributed by atoms with Crippen LogP contribution in [0.4, 0.5) is 5.88 Å². The van der Waals surface area contributed by atoms with Crippen molar-refractivity contribution in [2.75, 3.05) is 11.5 Å². The van der Waals surface area contributed by atoms with Gasteiger partial charge in [-0.1, -0.05) is 33.1 Å². The predicted octanol–water partition coefficient (Wildman–Crippen LogP) is 4.14. The molecule has 0 aliphatic carbocycles. The molecule has 1 saturated heterocycles. The van der Waals surface area contributed by atoms with Crippen molar-refractivity contribution in [1.82, 2.24) is 0 Å². The number of ether oxygens (including phenoxy) is 1. The van der Waals surface area contributed by atoms with Crippen LogP contribution >= 0.6 is 0 Å². The van der Waals surface area contributed by atoms with Crippen LogP contribution in [0.15, 0.2) is 33.3 Å². The highest BCUT2D eigenvalue weighted by molar-refractivity contribution is 5.95. The van der Waals surface area contributed by atoms with E-state index < -0.39 is 12.1 Å². The average Bonchev–Trinajstić information content (AvgIpc) is 3.42. The summed E-state index contributed by atoms with van der Waals surface area (Å²) in [4.78, 5) is 25.0. The number of carbonyl (C=O) groups excluding carboxylic acids is 1. The lowest BCUT2D eigenvalue weighted by atomic mass is 10.0. The van der Waals surface area contributed by atoms with E-state index in [0.29, 0.717) is 30.0 Å². The molecular formula is C22H29NO7. The maximum Gasteiger partial charge on any atom is 0.371 e. The third-order valence-corrected chi connectivity index (χ3v) is 5.47. The molecule has 3 heterocycles. The van der Waals surface area contributed by atoms with E-state index >= 15 is 0 Å². The molecule has 30 heavy (non-hydrogen) atoms. The number of amides is 1. The van der Waals surface area contributed by atoms with Gasteiger partial charge in [0.2, 0.25) is 17.6 Å². The molecule has 0 spiro atoms. The molecule has 3 rings (SSSR count). The zero-order valence-electron chi connectivity index (χ0n) is 17.4. The molecule has 8 nitrogen and oxygen atoms in total. The van der Waals surface area contributed by atoms with Crippen LogP contribution in [0.25, 0.3) is 0 Å². The number of furan rings is 2. The smallest absolute Gasteiger partial charge is 0.371 e. The van der Waals surface area contributed by atoms with Crippen molar-refractivity contribution in [3.63, 3.8) is 0 Å². The van der Waals surface area contributed by atoms with Gasteiger partial charge in [0.05, 0.1) is 25.0 Å². The number of unbranched alkanes of at least 4 members (excludes halogenated alkanes) is 2. The Morgan fingerprint density at radius 2 is 2.17 bits per heavy atom. The number of aromatic carboxylic acids is 1. The van der Waals surface area contributed by atoms with E-state index in [2.05, 4.69) is 6.92 Å². The Kier molecular flexibility index (Phi) is 7.33. The van der Waals surface area contributed by atoms with Gasteiger partial charge in [0.15, 0.2) is 0 Å². The fourth-order valence-corrected chi connectivity index (χ4v) is 3.72. The van der Waals surface area contributed by atoms with Gasteiger partial charge >= 0.3 is 5.97 Å². The fourth-order valence-electron chi connectivity index (χ4n) is 3.72. The Morgan fingerprint density at radius 1 is 1.37 bits per heavy atom. The van der Waals surface area contributed by atoms with E-state index in [4.69, 9.17) is 18.7 Å². The largest absolute Gasteiger partial charge is 0.475 e. The Morgan fingerprint density at radius 3 is 2.87 bits per heavy atom. The topological polar surface area (TPSA) is 113 Å². The van der Waals surface area contributed by atoms with Gasteiger partial charge in [-0.25, -0.2) is 4.79 Å². The summed E-state index contributed by atoms with van der Waals surface area (Å²) in [5, 5.41) is 19.3. The van der Waals surface area contributed by atoms with Crippen molar-refractivity contribution < 1.29 is 33.4 Å². The number of nitrogens with zero attached hydrogens (tertiary/aromatic N) is 1. The quantitative estimate of drug-likeness (QED) is 0.526. The monoisotopic (exact) mass is 419 g/mol. The molecule has 0 radical (unpaired) electrons. The molecule has 3 atom stereocenters. The maximum atomic E-state index is 12.6. The van der Waals surface area contributed by atoms with Gasteiger partial charge in [-0.3, -0.25) is 9.69 Å². The molecule has 1 fully saturated rings. The van der Waals surface area contributed by atoms with Crippen LogP contribution in [0, 0.1) is 5.92 Å². The summed E-state index contributed by atoms with van der Waals surface area (Å²) >= 11 is 0. The van der Waals surface area contributed by atoms with Crippen LogP contribution in [-0.2, 0) is 16.1 Å². The van der Waals surface area contributed by atoms with Crippen molar-refractivity contribution >= 4 is 17.8 Å². The van der Waals surface area contributed by atoms with E-state index in [0.717, 1.165) is 19.3 Å². The minimum Gasteiger partial charge on any atom is -0.475 e. The normalized spacial score (nSPS) is 20.1. The van der Waals surface area contributed by atoms with E-state index in [1.54, 1.807) is 17.0 Å². The Labute approximate surface area is 175 Å². The summed E-state index contributed by atoms with van der Waals surface area (Å²) in [7, 11) is 0. The second kappa shape index (κ2) is 9.95. The molecule has 2 N–H and O–H groups in total. The predicted molar refractivity (Wildman–Crippen MR) is 108 cm³/mol. The molecular weight excluding hydrogens is 390 g/mol. The van der Waals surface area contributed by atoms with Crippen molar-refractivity contribution in [1.29, 1.82) is 0 Å². The summed E-state index contributed by atoms with van der Waals surface area (Å²) < 4.78 is 16.5. The first-order valence-corrected chi connectivity index (χ1v) is 10.4. The van der Waals surface area contributed by atoms with E-state index in [9.17, 15) is 14.7 Å². The first-order chi connectivity index (χ1) is 14.4. The minimum atomic E-state index is -1.13.